The first-order chi connectivity index (χ1) is 62.0. The van der Waals surface area contributed by atoms with Gasteiger partial charge in [0.25, 0.3) is 5.69 Å². The van der Waals surface area contributed by atoms with Crippen molar-refractivity contribution in [2.75, 3.05) is 37.2 Å². The maximum atomic E-state index is 13.0. The number of alkyl halides is 3. The van der Waals surface area contributed by atoms with Crippen molar-refractivity contribution in [2.45, 2.75) is 32.9 Å². The smallest absolute Gasteiger partial charge is 0.418 e. The fourth-order valence-corrected chi connectivity index (χ4v) is 13.2. The van der Waals surface area contributed by atoms with E-state index in [0.29, 0.717) is 86.8 Å². The number of anilines is 14. The van der Waals surface area contributed by atoms with Crippen molar-refractivity contribution in [3.8, 4) is 0 Å². The lowest BCUT2D eigenvalue weighted by Gasteiger charge is -2.15. The molecule has 0 amide bonds. The average Bonchev–Trinajstić information content (AvgIpc) is 0.810. The Kier molecular flexibility index (Phi) is 37.8. The highest BCUT2D eigenvalue weighted by atomic mass is 35.5. The molecule has 14 N–H and O–H groups in total. The molecule has 0 aromatic heterocycles. The number of carbonyl (C=O) groups is 7. The van der Waals surface area contributed by atoms with Crippen LogP contribution in [0.1, 0.15) is 79.6 Å². The minimum atomic E-state index is -4.51. The molecule has 0 saturated heterocycles. The lowest BCUT2D eigenvalue weighted by atomic mass is 10.1. The molecule has 0 radical (unpaired) electrons. The van der Waals surface area contributed by atoms with Gasteiger partial charge in [0.1, 0.15) is 11.5 Å². The predicted molar refractivity (Wildman–Crippen MR) is 502 cm³/mol. The highest BCUT2D eigenvalue weighted by molar-refractivity contribution is 6.40. The number of nitrogens with one attached hydrogen (secondary N) is 7. The second-order valence-electron chi connectivity index (χ2n) is 27.0. The van der Waals surface area contributed by atoms with Crippen molar-refractivity contribution in [3.63, 3.8) is 0 Å². The van der Waals surface area contributed by atoms with Crippen molar-refractivity contribution < 1.29 is 91.8 Å². The van der Waals surface area contributed by atoms with E-state index >= 15 is 0 Å². The van der Waals surface area contributed by atoms with Crippen LogP contribution in [0.2, 0.25) is 30.1 Å². The van der Waals surface area contributed by atoms with Gasteiger partial charge < -0.3 is 73.0 Å². The number of halogens is 10. The minimum absolute atomic E-state index is 0.0442. The van der Waals surface area contributed by atoms with E-state index in [4.69, 9.17) is 105 Å². The molecule has 0 bridgehead atoms. The molecular formula is C96H76Cl6F4N8O16. The summed E-state index contributed by atoms with van der Waals surface area (Å²) in [7, 11) is 0. The summed E-state index contributed by atoms with van der Waals surface area (Å²) in [4.78, 5) is 87.2. The van der Waals surface area contributed by atoms with Crippen molar-refractivity contribution in [1.29, 1.82) is 0 Å². The largest absolute Gasteiger partial charge is 0.481 e. The van der Waals surface area contributed by atoms with Crippen molar-refractivity contribution in [1.82, 2.24) is 0 Å². The molecule has 0 heterocycles. The number of aryl methyl sites for hydroxylation is 1. The maximum absolute atomic E-state index is 13.0. The molecule has 0 fully saturated rings. The molecule has 0 unspecified atom stereocenters. The maximum Gasteiger partial charge on any atom is 0.418 e. The minimum Gasteiger partial charge on any atom is -0.481 e. The quantitative estimate of drug-likeness (QED) is 0.0152. The van der Waals surface area contributed by atoms with E-state index in [2.05, 4.69) is 37.2 Å². The standard InChI is InChI=1S/C15H15NO2.2C14H11Cl2NO2.C14H10F3NO2.C13H9Cl2NO2.C13H10FNO2.C13H10N2O4/c1-10-6-5-9-13(11(10)2)16-14-8-4-3-7-12(14)15(17)18;15-10-5-3-6-11(16)14(10)17-12-7-2-1-4-9(12)8-13(18)19;15-10-6-11(16)8-12(7-10)17-13-4-2-1-3-9(13)5-14(18)19;15-14(16,17)10-6-2-4-8-12(10)18-11-7-3-1-5-9(11)13(19)20;14-9-5-3-6-10(15)12(9)16-11-7-2-1-4-8(11)13(17)18;14-9-4-3-5-10(8-9)15-12-7-2-1-6-11(12)13(16)17;16-13(17)9-5-1-2-6-10(9)14-11-7-3-4-8-12(11)15(18)19/h3-9,16H,1-2H3,(H,17,18);1-7,17H,8H2,(H,18,19);1-4,6-8,17H,5H2,(H,18,19);1-8,18H,(H,19,20);1-7,16H,(H,17,18);1-8,15H,(H,16,17);1-8,14H,(H,16,17). The van der Waals surface area contributed by atoms with Gasteiger partial charge in [0, 0.05) is 44.5 Å². The van der Waals surface area contributed by atoms with Gasteiger partial charge in [0.05, 0.1) is 117 Å². The van der Waals surface area contributed by atoms with E-state index in [9.17, 15) is 61.2 Å². The molecule has 0 atom stereocenters. The SMILES string of the molecule is Cc1cccc(Nc2ccccc2C(=O)O)c1C.O=C(O)Cc1ccccc1Nc1c(Cl)cccc1Cl.O=C(O)Cc1ccccc1Nc1cc(Cl)cc(Cl)c1.O=C(O)c1ccccc1Nc1c(Cl)cccc1Cl.O=C(O)c1ccccc1Nc1cccc(F)c1.O=C(O)c1ccccc1Nc1ccccc1C(F)(F)F.O=C(O)c1ccccc1Nc1ccccc1[N+](=O)[O-]. The molecule has 0 saturated carbocycles. The number of aromatic carboxylic acids is 5. The molecule has 0 aliphatic carbocycles. The Bertz CT molecular complexity index is 6280. The Balaban J connectivity index is 0.000000187. The summed E-state index contributed by atoms with van der Waals surface area (Å²) in [6.07, 6.45) is -4.62. The Morgan fingerprint density at radius 2 is 0.623 bits per heavy atom. The van der Waals surface area contributed by atoms with Gasteiger partial charge in [0.15, 0.2) is 0 Å². The number of carboxylic acids is 7. The highest BCUT2D eigenvalue weighted by Gasteiger charge is 2.33. The summed E-state index contributed by atoms with van der Waals surface area (Å²) in [6.45, 7) is 4.05. The van der Waals surface area contributed by atoms with Crippen LogP contribution in [0.5, 0.6) is 0 Å². The van der Waals surface area contributed by atoms with Crippen LogP contribution in [0, 0.1) is 29.8 Å². The molecule has 34 heteroatoms. The molecule has 0 aliphatic heterocycles. The summed E-state index contributed by atoms with van der Waals surface area (Å²) in [5, 5.41) is 97.3. The van der Waals surface area contributed by atoms with Crippen LogP contribution in [0.3, 0.4) is 0 Å². The first kappa shape index (κ1) is 100. The summed E-state index contributed by atoms with van der Waals surface area (Å²) in [6, 6.07) is 84.4. The molecule has 14 aromatic rings. The van der Waals surface area contributed by atoms with E-state index in [1.165, 1.54) is 84.4 Å². The Morgan fingerprint density at radius 3 is 1.02 bits per heavy atom. The number of rotatable bonds is 24. The van der Waals surface area contributed by atoms with E-state index in [1.54, 1.807) is 188 Å². The number of nitrogens with zero attached hydrogens (tertiary/aromatic N) is 1. The van der Waals surface area contributed by atoms with Gasteiger partial charge in [-0.05, 0) is 194 Å². The van der Waals surface area contributed by atoms with Crippen LogP contribution in [-0.2, 0) is 28.6 Å². The fourth-order valence-electron chi connectivity index (χ4n) is 11.7. The number of nitro benzene ring substituents is 1. The van der Waals surface area contributed by atoms with Gasteiger partial charge in [-0.2, -0.15) is 13.2 Å². The number of aliphatic carboxylic acids is 2. The van der Waals surface area contributed by atoms with Crippen molar-refractivity contribution in [2.24, 2.45) is 0 Å². The zero-order valence-electron chi connectivity index (χ0n) is 68.0. The molecule has 14 aromatic carbocycles. The second-order valence-corrected chi connectivity index (χ2v) is 29.5. The third-order valence-electron chi connectivity index (χ3n) is 17.9. The number of hydrogen-bond acceptors (Lipinski definition) is 16. The number of nitro groups is 1. The lowest BCUT2D eigenvalue weighted by molar-refractivity contribution is -0.383. The van der Waals surface area contributed by atoms with E-state index in [-0.39, 0.29) is 69.2 Å². The third-order valence-corrected chi connectivity index (χ3v) is 19.6. The number of hydrogen-bond donors (Lipinski definition) is 14. The monoisotopic (exact) mass is 1880 g/mol. The number of para-hydroxylation sites is 12. The summed E-state index contributed by atoms with van der Waals surface area (Å²) >= 11 is 36.0. The van der Waals surface area contributed by atoms with Gasteiger partial charge >= 0.3 is 48.0 Å². The van der Waals surface area contributed by atoms with Crippen LogP contribution in [0.15, 0.2) is 315 Å². The first-order valence-corrected chi connectivity index (χ1v) is 40.4. The van der Waals surface area contributed by atoms with Gasteiger partial charge in [-0.1, -0.05) is 221 Å². The number of benzene rings is 14. The van der Waals surface area contributed by atoms with Gasteiger partial charge in [-0.3, -0.25) is 19.7 Å². The number of carboxylic acid groups (broad SMARTS) is 7. The van der Waals surface area contributed by atoms with Gasteiger partial charge in [0.2, 0.25) is 0 Å². The fraction of sp³-hybridized carbons (Fsp3) is 0.0521. The normalized spacial score (nSPS) is 10.2. The van der Waals surface area contributed by atoms with Crippen LogP contribution in [0.25, 0.3) is 0 Å². The summed E-state index contributed by atoms with van der Waals surface area (Å²) < 4.78 is 51.5. The topological polar surface area (TPSA) is 388 Å². The lowest BCUT2D eigenvalue weighted by Crippen LogP contribution is -2.10. The first-order valence-electron chi connectivity index (χ1n) is 38.1. The molecular weight excluding hydrogens is 1810 g/mol. The van der Waals surface area contributed by atoms with Gasteiger partial charge in [-0.15, -0.1) is 0 Å². The van der Waals surface area contributed by atoms with Gasteiger partial charge in [-0.25, -0.2) is 28.4 Å². The zero-order valence-corrected chi connectivity index (χ0v) is 72.5. The summed E-state index contributed by atoms with van der Waals surface area (Å²) in [5.41, 5.74) is 9.87. The van der Waals surface area contributed by atoms with Crippen molar-refractivity contribution >= 4 is 197 Å². The Labute approximate surface area is 770 Å². The highest BCUT2D eigenvalue weighted by Crippen LogP contribution is 2.39. The van der Waals surface area contributed by atoms with E-state index in [1.807, 2.05) is 56.3 Å². The predicted octanol–water partition coefficient (Wildman–Crippen LogP) is 27.4. The second kappa shape index (κ2) is 49.1. The van der Waals surface area contributed by atoms with E-state index in [0.717, 1.165) is 28.7 Å². The summed E-state index contributed by atoms with van der Waals surface area (Å²) in [5.74, 6) is -7.41. The van der Waals surface area contributed by atoms with Crippen molar-refractivity contribution in [3.05, 3.63) is 417 Å². The molecule has 666 valence electrons. The third kappa shape index (κ3) is 30.9. The molecule has 130 heavy (non-hydrogen) atoms. The average molecular weight is 1890 g/mol. The Hall–Kier alpha value is -15.2. The van der Waals surface area contributed by atoms with Crippen LogP contribution in [-0.4, -0.2) is 82.5 Å². The molecule has 14 rings (SSSR count). The van der Waals surface area contributed by atoms with E-state index < -0.39 is 58.4 Å². The zero-order chi connectivity index (χ0) is 94.7. The molecule has 0 spiro atoms. The van der Waals surface area contributed by atoms with Crippen LogP contribution in [0.4, 0.5) is 103 Å². The Morgan fingerprint density at radius 1 is 0.323 bits per heavy atom. The van der Waals surface area contributed by atoms with Crippen LogP contribution < -0.4 is 37.2 Å². The molecule has 24 nitrogen and oxygen atoms in total. The molecule has 0 aliphatic rings. The van der Waals surface area contributed by atoms with Crippen LogP contribution >= 0.6 is 69.6 Å².